The van der Waals surface area contributed by atoms with Gasteiger partial charge in [-0.05, 0) is 96.5 Å². The molecule has 13 nitrogen and oxygen atoms in total. The Hall–Kier alpha value is -4.14. The van der Waals surface area contributed by atoms with Gasteiger partial charge in [-0.1, -0.05) is 53.5 Å². The summed E-state index contributed by atoms with van der Waals surface area (Å²) in [6, 6.07) is 14.6. The van der Waals surface area contributed by atoms with Crippen LogP contribution < -0.4 is 5.32 Å². The van der Waals surface area contributed by atoms with Gasteiger partial charge in [0.25, 0.3) is 0 Å². The molecule has 3 saturated heterocycles. The molecule has 6 rings (SSSR count). The summed E-state index contributed by atoms with van der Waals surface area (Å²) in [5.41, 5.74) is 2.65. The van der Waals surface area contributed by atoms with Crippen molar-refractivity contribution in [3.63, 3.8) is 0 Å². The van der Waals surface area contributed by atoms with Crippen LogP contribution in [0.2, 0.25) is 10.0 Å². The summed E-state index contributed by atoms with van der Waals surface area (Å²) in [6.45, 7) is 11.6. The van der Waals surface area contributed by atoms with Crippen LogP contribution in [0, 0.1) is 0 Å². The molecular formula is C47H63Cl2N5O8. The van der Waals surface area contributed by atoms with E-state index in [0.717, 1.165) is 37.1 Å². The number of carbonyl (C=O) groups excluding carboxylic acids is 4. The Morgan fingerprint density at radius 2 is 1.40 bits per heavy atom. The number of nitrogens with zero attached hydrogens (tertiary/aromatic N) is 4. The number of ether oxygens (including phenoxy) is 4. The lowest BCUT2D eigenvalue weighted by Crippen LogP contribution is -2.56. The Balaban J connectivity index is 1.24. The number of piperazine rings is 1. The van der Waals surface area contributed by atoms with Gasteiger partial charge >= 0.3 is 18.0 Å². The molecule has 2 aromatic carbocycles. The first kappa shape index (κ1) is 47.3. The smallest absolute Gasteiger partial charge is 0.410 e. The van der Waals surface area contributed by atoms with E-state index in [0.29, 0.717) is 80.7 Å². The number of dihydropyridines is 1. The summed E-state index contributed by atoms with van der Waals surface area (Å²) in [7, 11) is 4.80. The van der Waals surface area contributed by atoms with Crippen molar-refractivity contribution in [2.45, 2.75) is 109 Å². The molecule has 4 aliphatic heterocycles. The highest BCUT2D eigenvalue weighted by atomic mass is 35.5. The van der Waals surface area contributed by atoms with Crippen molar-refractivity contribution < 1.29 is 38.1 Å². The fraction of sp³-hybridized carbons (Fsp3) is 0.574. The van der Waals surface area contributed by atoms with Crippen LogP contribution in [0.3, 0.4) is 0 Å². The molecule has 0 aliphatic carbocycles. The molecule has 3 fully saturated rings. The fourth-order valence-corrected chi connectivity index (χ4v) is 10.1. The van der Waals surface area contributed by atoms with Gasteiger partial charge in [0.15, 0.2) is 0 Å². The zero-order valence-corrected chi connectivity index (χ0v) is 38.8. The second-order valence-corrected chi connectivity index (χ2v) is 18.4. The fourth-order valence-electron chi connectivity index (χ4n) is 9.47. The number of hydrogen-bond acceptors (Lipinski definition) is 11. The number of aryl methyl sites for hydroxylation is 1. The molecule has 4 heterocycles. The first-order valence-corrected chi connectivity index (χ1v) is 22.6. The van der Waals surface area contributed by atoms with E-state index in [1.54, 1.807) is 23.1 Å². The number of esters is 2. The van der Waals surface area contributed by atoms with Gasteiger partial charge < -0.3 is 39.0 Å². The molecule has 3 atom stereocenters. The number of piperidine rings is 1. The molecule has 338 valence electrons. The molecule has 0 aromatic heterocycles. The minimum absolute atomic E-state index is 0.0711. The summed E-state index contributed by atoms with van der Waals surface area (Å²) in [6.07, 6.45) is 5.06. The normalized spacial score (nSPS) is 22.0. The quantitative estimate of drug-likeness (QED) is 0.112. The van der Waals surface area contributed by atoms with Gasteiger partial charge in [-0.3, -0.25) is 9.69 Å². The Morgan fingerprint density at radius 1 is 0.806 bits per heavy atom. The van der Waals surface area contributed by atoms with Crippen LogP contribution in [0.4, 0.5) is 4.79 Å². The molecule has 3 unspecified atom stereocenters. The van der Waals surface area contributed by atoms with Crippen molar-refractivity contribution in [2.75, 3.05) is 67.1 Å². The lowest BCUT2D eigenvalue weighted by atomic mass is 9.78. The Morgan fingerprint density at radius 3 is 1.98 bits per heavy atom. The number of rotatable bonds is 15. The molecule has 2 amide bonds. The van der Waals surface area contributed by atoms with Crippen molar-refractivity contribution in [1.82, 2.24) is 24.9 Å². The van der Waals surface area contributed by atoms with E-state index in [9.17, 15) is 19.2 Å². The standard InChI is InChI=1S/C47H63Cl2N5O8/c1-8-52(46(58)62-47(2,3)4)24-25-61-29-31-13-10-9-12-30(31)16-19-37-41(44(56)59-6)43(40-35(48)14-11-15-36(40)49)42(45(57)60-7)38(50-37)28-39(55)54-22-20-53(21-23-54)34-26-32-17-18-33(27-34)51(32)5/h9-15,32-34,43,50H,8,16-29H2,1-7H3. The van der Waals surface area contributed by atoms with Crippen molar-refractivity contribution in [2.24, 2.45) is 0 Å². The van der Waals surface area contributed by atoms with E-state index in [1.165, 1.54) is 27.1 Å². The number of halogens is 2. The minimum atomic E-state index is -1.10. The van der Waals surface area contributed by atoms with E-state index in [-0.39, 0.29) is 40.1 Å². The Labute approximate surface area is 376 Å². The lowest BCUT2D eigenvalue weighted by molar-refractivity contribution is -0.137. The zero-order valence-electron chi connectivity index (χ0n) is 37.3. The van der Waals surface area contributed by atoms with E-state index >= 15 is 0 Å². The number of fused-ring (bicyclic) bond motifs is 2. The van der Waals surface area contributed by atoms with E-state index in [1.807, 2.05) is 56.9 Å². The molecule has 2 bridgehead atoms. The molecule has 15 heteroatoms. The number of likely N-dealkylation sites (N-methyl/N-ethyl adjacent to an activating group) is 1. The lowest BCUT2D eigenvalue weighted by Gasteiger charge is -2.45. The summed E-state index contributed by atoms with van der Waals surface area (Å²) in [5, 5.41) is 3.87. The highest BCUT2D eigenvalue weighted by Gasteiger charge is 2.43. The average molecular weight is 897 g/mol. The van der Waals surface area contributed by atoms with Crippen LogP contribution in [0.5, 0.6) is 0 Å². The van der Waals surface area contributed by atoms with Crippen LogP contribution in [-0.2, 0) is 46.4 Å². The SMILES string of the molecule is CCN(CCOCc1ccccc1CCC1=C(C(=O)OC)C(c2c(Cl)cccc2Cl)C(C(=O)OC)=C(CC(=O)N2CCN(C3CC4CCC(C3)N4C)CC2)N1)C(=O)OC(C)(C)C. The van der Waals surface area contributed by atoms with E-state index in [4.69, 9.17) is 42.1 Å². The molecule has 2 aromatic rings. The number of allylic oxidation sites excluding steroid dienone is 1. The first-order valence-electron chi connectivity index (χ1n) is 21.8. The average Bonchev–Trinajstić information content (AvgIpc) is 3.42. The highest BCUT2D eigenvalue weighted by Crippen LogP contribution is 2.46. The number of methoxy groups -OCH3 is 2. The van der Waals surface area contributed by atoms with Gasteiger partial charge in [0, 0.05) is 84.4 Å². The number of carbonyl (C=O) groups is 4. The van der Waals surface area contributed by atoms with Gasteiger partial charge in [0.1, 0.15) is 5.60 Å². The maximum absolute atomic E-state index is 14.3. The van der Waals surface area contributed by atoms with Gasteiger partial charge in [0.2, 0.25) is 5.91 Å². The van der Waals surface area contributed by atoms with Crippen molar-refractivity contribution in [3.8, 4) is 0 Å². The zero-order chi connectivity index (χ0) is 44.7. The summed E-state index contributed by atoms with van der Waals surface area (Å²) in [4.78, 5) is 63.5. The minimum Gasteiger partial charge on any atom is -0.466 e. The summed E-state index contributed by atoms with van der Waals surface area (Å²) >= 11 is 13.7. The Bertz CT molecular complexity index is 1990. The van der Waals surface area contributed by atoms with Gasteiger partial charge in [-0.25, -0.2) is 14.4 Å². The van der Waals surface area contributed by atoms with Crippen LogP contribution in [0.25, 0.3) is 0 Å². The maximum Gasteiger partial charge on any atom is 0.410 e. The van der Waals surface area contributed by atoms with Crippen LogP contribution in [0.1, 0.15) is 88.8 Å². The number of benzene rings is 2. The third kappa shape index (κ3) is 11.1. The van der Waals surface area contributed by atoms with Crippen molar-refractivity contribution in [1.29, 1.82) is 0 Å². The summed E-state index contributed by atoms with van der Waals surface area (Å²) in [5.74, 6) is -2.64. The molecule has 62 heavy (non-hydrogen) atoms. The monoisotopic (exact) mass is 895 g/mol. The molecule has 0 radical (unpaired) electrons. The van der Waals surface area contributed by atoms with Crippen LogP contribution in [0.15, 0.2) is 65.0 Å². The van der Waals surface area contributed by atoms with E-state index < -0.39 is 29.6 Å². The second-order valence-electron chi connectivity index (χ2n) is 17.6. The van der Waals surface area contributed by atoms with Gasteiger partial charge in [-0.15, -0.1) is 0 Å². The number of hydrogen-bond donors (Lipinski definition) is 1. The van der Waals surface area contributed by atoms with Crippen LogP contribution in [-0.4, -0.2) is 134 Å². The largest absolute Gasteiger partial charge is 0.466 e. The number of amides is 2. The topological polar surface area (TPSA) is 130 Å². The predicted octanol–water partition coefficient (Wildman–Crippen LogP) is 7.10. The summed E-state index contributed by atoms with van der Waals surface area (Å²) < 4.78 is 22.4. The van der Waals surface area contributed by atoms with E-state index in [2.05, 4.69) is 22.2 Å². The Kier molecular flexibility index (Phi) is 16.1. The highest BCUT2D eigenvalue weighted by molar-refractivity contribution is 6.36. The third-order valence-electron chi connectivity index (χ3n) is 12.8. The van der Waals surface area contributed by atoms with Crippen molar-refractivity contribution in [3.05, 3.63) is 91.7 Å². The molecule has 4 aliphatic rings. The van der Waals surface area contributed by atoms with Crippen LogP contribution >= 0.6 is 23.2 Å². The molecular weight excluding hydrogens is 833 g/mol. The predicted molar refractivity (Wildman–Crippen MR) is 239 cm³/mol. The van der Waals surface area contributed by atoms with Gasteiger partial charge in [-0.2, -0.15) is 0 Å². The second kappa shape index (κ2) is 21.0. The molecule has 1 N–H and O–H groups in total. The molecule has 0 saturated carbocycles. The number of nitrogens with one attached hydrogen (secondary N) is 1. The van der Waals surface area contributed by atoms with Gasteiger partial charge in [0.05, 0.1) is 50.9 Å². The third-order valence-corrected chi connectivity index (χ3v) is 13.4. The maximum atomic E-state index is 14.3. The first-order chi connectivity index (χ1) is 29.6. The molecule has 0 spiro atoms. The van der Waals surface area contributed by atoms with Crippen molar-refractivity contribution >= 4 is 47.1 Å².